The molecule has 0 aliphatic carbocycles. The van der Waals surface area contributed by atoms with Gasteiger partial charge in [-0.05, 0) is 55.8 Å². The predicted molar refractivity (Wildman–Crippen MR) is 127 cm³/mol. The maximum atomic E-state index is 13.1. The number of hydrogen-bond donors (Lipinski definition) is 4. The molecule has 1 atom stereocenters. The van der Waals surface area contributed by atoms with Gasteiger partial charge in [-0.1, -0.05) is 0 Å². The summed E-state index contributed by atoms with van der Waals surface area (Å²) in [6, 6.07) is 8.69. The Morgan fingerprint density at radius 2 is 2.17 bits per heavy atom. The van der Waals surface area contributed by atoms with Crippen molar-refractivity contribution in [1.82, 2.24) is 9.97 Å². The van der Waals surface area contributed by atoms with Crippen LogP contribution >= 0.6 is 0 Å². The lowest BCUT2D eigenvalue weighted by molar-refractivity contribution is -0.139. The van der Waals surface area contributed by atoms with E-state index < -0.39 is 24.5 Å². The Hall–Kier alpha value is -4.15. The number of aliphatic hydroxyl groups excluding tert-OH is 2. The molecule has 0 fully saturated rings. The molecule has 35 heavy (non-hydrogen) atoms. The Labute approximate surface area is 200 Å². The van der Waals surface area contributed by atoms with Gasteiger partial charge in [0.15, 0.2) is 11.3 Å². The molecule has 1 unspecified atom stereocenters. The number of carbonyl (C=O) groups excluding carboxylic acids is 2. The minimum absolute atomic E-state index is 0.0316. The summed E-state index contributed by atoms with van der Waals surface area (Å²) in [5.74, 6) is -0.975. The monoisotopic (exact) mass is 479 g/mol. The summed E-state index contributed by atoms with van der Waals surface area (Å²) in [5.41, 5.74) is 2.41. The number of rotatable bonds is 9. The van der Waals surface area contributed by atoms with Crippen molar-refractivity contribution >= 4 is 34.5 Å². The number of pyridine rings is 1. The Morgan fingerprint density at radius 3 is 2.91 bits per heavy atom. The molecular formula is C25H25N3O7. The lowest BCUT2D eigenvalue weighted by Gasteiger charge is -2.14. The molecular weight excluding hydrogens is 454 g/mol. The highest BCUT2D eigenvalue weighted by molar-refractivity contribution is 6.26. The average molecular weight is 479 g/mol. The molecule has 0 spiro atoms. The zero-order valence-corrected chi connectivity index (χ0v) is 19.2. The SMILES string of the molecule is CCOC(=O)C1=C(Nc2ccc(OCC(O)CO)cc2C)OC(=Cc2c[nH]c3ncccc23)C1=O. The van der Waals surface area contributed by atoms with Gasteiger partial charge >= 0.3 is 5.97 Å². The minimum atomic E-state index is -0.985. The molecule has 0 amide bonds. The number of Topliss-reactive ketones (excluding diaryl/α,β-unsaturated/α-hetero) is 1. The molecule has 3 heterocycles. The van der Waals surface area contributed by atoms with Crippen LogP contribution in [-0.4, -0.2) is 57.9 Å². The highest BCUT2D eigenvalue weighted by Gasteiger charge is 2.37. The number of aliphatic hydroxyl groups is 2. The summed E-state index contributed by atoms with van der Waals surface area (Å²) in [7, 11) is 0. The fraction of sp³-hybridized carbons (Fsp3) is 0.240. The van der Waals surface area contributed by atoms with Crippen molar-refractivity contribution in [2.45, 2.75) is 20.0 Å². The molecule has 1 aromatic carbocycles. The number of ether oxygens (including phenoxy) is 3. The highest BCUT2D eigenvalue weighted by atomic mass is 16.5. The quantitative estimate of drug-likeness (QED) is 0.207. The number of esters is 1. The third-order valence-corrected chi connectivity index (χ3v) is 5.24. The van der Waals surface area contributed by atoms with E-state index in [0.717, 1.165) is 10.9 Å². The van der Waals surface area contributed by atoms with E-state index in [-0.39, 0.29) is 30.4 Å². The zero-order chi connectivity index (χ0) is 24.9. The summed E-state index contributed by atoms with van der Waals surface area (Å²) in [6.45, 7) is 3.09. The number of H-pyrrole nitrogens is 1. The molecule has 0 saturated carbocycles. The fourth-order valence-electron chi connectivity index (χ4n) is 3.48. The largest absolute Gasteiger partial charge is 0.491 e. The van der Waals surface area contributed by atoms with Gasteiger partial charge in [0.05, 0.1) is 13.2 Å². The molecule has 4 N–H and O–H groups in total. The van der Waals surface area contributed by atoms with E-state index in [1.54, 1.807) is 56.6 Å². The van der Waals surface area contributed by atoms with E-state index in [4.69, 9.17) is 19.3 Å². The normalized spacial score (nSPS) is 15.4. The number of aryl methyl sites for hydroxylation is 1. The number of ketones is 1. The van der Waals surface area contributed by atoms with Gasteiger partial charge in [0.25, 0.3) is 0 Å². The van der Waals surface area contributed by atoms with Gasteiger partial charge in [-0.3, -0.25) is 4.79 Å². The van der Waals surface area contributed by atoms with Gasteiger partial charge in [-0.25, -0.2) is 9.78 Å². The second-order valence-corrected chi connectivity index (χ2v) is 7.76. The van der Waals surface area contributed by atoms with Crippen molar-refractivity contribution in [3.8, 4) is 5.75 Å². The van der Waals surface area contributed by atoms with E-state index in [1.165, 1.54) is 0 Å². The molecule has 10 heteroatoms. The summed E-state index contributed by atoms with van der Waals surface area (Å²) in [5, 5.41) is 22.2. The van der Waals surface area contributed by atoms with Crippen molar-refractivity contribution in [2.75, 3.05) is 25.1 Å². The van der Waals surface area contributed by atoms with Gasteiger partial charge < -0.3 is 34.7 Å². The van der Waals surface area contributed by atoms with E-state index in [9.17, 15) is 14.7 Å². The van der Waals surface area contributed by atoms with Gasteiger partial charge in [-0.15, -0.1) is 0 Å². The number of allylic oxidation sites excluding steroid dienone is 1. The lowest BCUT2D eigenvalue weighted by atomic mass is 10.1. The van der Waals surface area contributed by atoms with Crippen molar-refractivity contribution in [3.05, 3.63) is 71.1 Å². The van der Waals surface area contributed by atoms with E-state index >= 15 is 0 Å². The first-order chi connectivity index (χ1) is 16.9. The highest BCUT2D eigenvalue weighted by Crippen LogP contribution is 2.31. The van der Waals surface area contributed by atoms with Gasteiger partial charge in [0, 0.05) is 29.0 Å². The first kappa shape index (κ1) is 24.0. The molecule has 1 aliphatic heterocycles. The van der Waals surface area contributed by atoms with Crippen molar-refractivity contribution in [2.24, 2.45) is 0 Å². The predicted octanol–water partition coefficient (Wildman–Crippen LogP) is 2.43. The molecule has 10 nitrogen and oxygen atoms in total. The standard InChI is InChI=1S/C25H25N3O7/c1-3-33-25(32)21-22(31)20(10-15-11-27-23-18(15)5-4-8-26-23)35-24(21)28-19-7-6-17(9-14(19)2)34-13-16(30)12-29/h4-11,16,28-30H,3,12-13H2,1-2H3,(H,26,27). The van der Waals surface area contributed by atoms with Gasteiger partial charge in [0.2, 0.25) is 11.7 Å². The Bertz CT molecular complexity index is 1330. The summed E-state index contributed by atoms with van der Waals surface area (Å²) >= 11 is 0. The second kappa shape index (κ2) is 10.4. The Kier molecular flexibility index (Phi) is 7.14. The van der Waals surface area contributed by atoms with E-state index in [0.29, 0.717) is 22.6 Å². The summed E-state index contributed by atoms with van der Waals surface area (Å²) in [6.07, 6.45) is 3.92. The number of carbonyl (C=O) groups is 2. The Morgan fingerprint density at radius 1 is 1.34 bits per heavy atom. The fourth-order valence-corrected chi connectivity index (χ4v) is 3.48. The first-order valence-corrected chi connectivity index (χ1v) is 11.0. The maximum absolute atomic E-state index is 13.1. The minimum Gasteiger partial charge on any atom is -0.491 e. The topological polar surface area (TPSA) is 143 Å². The smallest absolute Gasteiger partial charge is 0.347 e. The van der Waals surface area contributed by atoms with Crippen LogP contribution in [0.3, 0.4) is 0 Å². The first-order valence-electron chi connectivity index (χ1n) is 11.0. The zero-order valence-electron chi connectivity index (χ0n) is 19.2. The average Bonchev–Trinajstić information content (AvgIpc) is 3.40. The van der Waals surface area contributed by atoms with Crippen LogP contribution in [0.5, 0.6) is 5.75 Å². The molecule has 3 aromatic rings. The van der Waals surface area contributed by atoms with Crippen LogP contribution in [0, 0.1) is 6.92 Å². The molecule has 1 aliphatic rings. The van der Waals surface area contributed by atoms with E-state index in [1.807, 2.05) is 6.07 Å². The molecule has 0 saturated heterocycles. The van der Waals surface area contributed by atoms with Crippen LogP contribution in [0.25, 0.3) is 17.1 Å². The van der Waals surface area contributed by atoms with Crippen LogP contribution in [0.1, 0.15) is 18.1 Å². The van der Waals surface area contributed by atoms with Crippen LogP contribution in [0.15, 0.2) is 59.9 Å². The van der Waals surface area contributed by atoms with Crippen LogP contribution in [-0.2, 0) is 19.1 Å². The van der Waals surface area contributed by atoms with Gasteiger partial charge in [0.1, 0.15) is 24.1 Å². The van der Waals surface area contributed by atoms with Crippen molar-refractivity contribution in [1.29, 1.82) is 0 Å². The molecule has 0 radical (unpaired) electrons. The van der Waals surface area contributed by atoms with Crippen LogP contribution in [0.2, 0.25) is 0 Å². The second-order valence-electron chi connectivity index (χ2n) is 7.76. The maximum Gasteiger partial charge on any atom is 0.347 e. The van der Waals surface area contributed by atoms with Gasteiger partial charge in [-0.2, -0.15) is 0 Å². The summed E-state index contributed by atoms with van der Waals surface area (Å²) < 4.78 is 16.4. The number of hydrogen-bond acceptors (Lipinski definition) is 9. The molecule has 0 bridgehead atoms. The molecule has 2 aromatic heterocycles. The number of nitrogens with one attached hydrogen (secondary N) is 2. The van der Waals surface area contributed by atoms with Crippen LogP contribution in [0.4, 0.5) is 5.69 Å². The third-order valence-electron chi connectivity index (χ3n) is 5.24. The van der Waals surface area contributed by atoms with Crippen molar-refractivity contribution in [3.63, 3.8) is 0 Å². The molecule has 4 rings (SSSR count). The number of nitrogens with zero attached hydrogens (tertiary/aromatic N) is 1. The third kappa shape index (κ3) is 5.18. The Balaban J connectivity index is 1.61. The number of aromatic amines is 1. The lowest BCUT2D eigenvalue weighted by Crippen LogP contribution is -2.21. The summed E-state index contributed by atoms with van der Waals surface area (Å²) in [4.78, 5) is 33.0. The van der Waals surface area contributed by atoms with E-state index in [2.05, 4.69) is 15.3 Å². The number of fused-ring (bicyclic) bond motifs is 1. The molecule has 182 valence electrons. The number of benzene rings is 1. The number of aromatic nitrogens is 2. The van der Waals surface area contributed by atoms with Crippen molar-refractivity contribution < 1.29 is 34.0 Å². The number of anilines is 1. The van der Waals surface area contributed by atoms with Crippen LogP contribution < -0.4 is 10.1 Å².